The van der Waals surface area contributed by atoms with E-state index in [2.05, 4.69) is 20.9 Å². The smallest absolute Gasteiger partial charge is 0.328 e. The Balaban J connectivity index is 3.16. The van der Waals surface area contributed by atoms with Crippen molar-refractivity contribution in [3.05, 3.63) is 29.8 Å². The third kappa shape index (κ3) is 11.1. The number of amides is 3. The molecule has 0 saturated heterocycles. The molecule has 13 N–H and O–H groups in total. The number of rotatable bonds is 15. The van der Waals surface area contributed by atoms with Crippen molar-refractivity contribution in [2.24, 2.45) is 22.2 Å². The molecule has 3 amide bonds. The van der Waals surface area contributed by atoms with Gasteiger partial charge in [-0.15, -0.1) is 0 Å². The van der Waals surface area contributed by atoms with Crippen LogP contribution in [0.1, 0.15) is 25.3 Å². The molecule has 0 spiro atoms. The van der Waals surface area contributed by atoms with Gasteiger partial charge in [0.15, 0.2) is 12.0 Å². The number of nitrogens with two attached hydrogens (primary N) is 3. The van der Waals surface area contributed by atoms with Gasteiger partial charge in [0.1, 0.15) is 23.9 Å². The summed E-state index contributed by atoms with van der Waals surface area (Å²) in [5.41, 5.74) is 16.6. The molecule has 0 heterocycles. The molecule has 0 aliphatic heterocycles. The summed E-state index contributed by atoms with van der Waals surface area (Å²) in [7, 11) is 0. The maximum Gasteiger partial charge on any atom is 0.328 e. The van der Waals surface area contributed by atoms with Gasteiger partial charge in [0.05, 0.1) is 12.7 Å². The standard InChI is InChI=1S/C22H35N7O8/c1-11(31)17(21(36)37)29-20(35)16(9-12-4-6-13(32)7-5-12)28-19(34)15(3-2-8-26-22(24)25)27-18(33)14(23)10-30/h4-7,11,14-17,30-32H,2-3,8-10,23H2,1H3,(H,27,33)(H,28,34)(H,29,35)(H,36,37)(H4,24,25,26). The lowest BCUT2D eigenvalue weighted by atomic mass is 10.0. The molecule has 0 bridgehead atoms. The number of aliphatic carboxylic acids is 1. The number of hydrogen-bond donors (Lipinski definition) is 10. The minimum absolute atomic E-state index is 0.0300. The molecule has 0 fully saturated rings. The molecule has 0 aliphatic rings. The van der Waals surface area contributed by atoms with E-state index in [1.165, 1.54) is 31.2 Å². The Kier molecular flexibility index (Phi) is 12.8. The fourth-order valence-electron chi connectivity index (χ4n) is 3.13. The first-order valence-corrected chi connectivity index (χ1v) is 11.4. The van der Waals surface area contributed by atoms with Crippen molar-refractivity contribution in [2.45, 2.75) is 56.5 Å². The van der Waals surface area contributed by atoms with Gasteiger partial charge in [0.25, 0.3) is 0 Å². The highest BCUT2D eigenvalue weighted by Crippen LogP contribution is 2.12. The monoisotopic (exact) mass is 525 g/mol. The quantitative estimate of drug-likeness (QED) is 0.0602. The van der Waals surface area contributed by atoms with Crippen LogP contribution in [0.15, 0.2) is 29.3 Å². The Bertz CT molecular complexity index is 951. The Hall–Kier alpha value is -3.95. The molecule has 0 aliphatic carbocycles. The van der Waals surface area contributed by atoms with Crippen LogP contribution in [-0.2, 0) is 25.6 Å². The molecule has 5 atom stereocenters. The third-order valence-corrected chi connectivity index (χ3v) is 5.17. The number of carbonyl (C=O) groups excluding carboxylic acids is 3. The highest BCUT2D eigenvalue weighted by Gasteiger charge is 2.32. The van der Waals surface area contributed by atoms with Crippen molar-refractivity contribution >= 4 is 29.7 Å². The van der Waals surface area contributed by atoms with Crippen LogP contribution in [0.25, 0.3) is 0 Å². The largest absolute Gasteiger partial charge is 0.508 e. The molecule has 0 saturated carbocycles. The first kappa shape index (κ1) is 31.1. The van der Waals surface area contributed by atoms with Crippen LogP contribution < -0.4 is 33.2 Å². The van der Waals surface area contributed by atoms with Crippen LogP contribution in [0, 0.1) is 0 Å². The highest BCUT2D eigenvalue weighted by molar-refractivity contribution is 5.94. The summed E-state index contributed by atoms with van der Waals surface area (Å²) in [5, 5.41) is 44.7. The molecule has 37 heavy (non-hydrogen) atoms. The molecular formula is C22H35N7O8. The lowest BCUT2D eigenvalue weighted by molar-refractivity contribution is -0.145. The fraction of sp³-hybridized carbons (Fsp3) is 0.500. The first-order valence-electron chi connectivity index (χ1n) is 11.4. The van der Waals surface area contributed by atoms with Crippen LogP contribution in [-0.4, -0.2) is 93.5 Å². The minimum Gasteiger partial charge on any atom is -0.508 e. The van der Waals surface area contributed by atoms with E-state index in [9.17, 15) is 34.5 Å². The zero-order valence-electron chi connectivity index (χ0n) is 20.3. The maximum atomic E-state index is 13.1. The molecule has 0 aromatic heterocycles. The number of guanidine groups is 1. The lowest BCUT2D eigenvalue weighted by Gasteiger charge is -2.26. The second-order valence-corrected chi connectivity index (χ2v) is 8.30. The van der Waals surface area contributed by atoms with Gasteiger partial charge in [0, 0.05) is 13.0 Å². The van der Waals surface area contributed by atoms with Crippen molar-refractivity contribution < 1.29 is 39.6 Å². The van der Waals surface area contributed by atoms with Crippen LogP contribution in [0.5, 0.6) is 5.75 Å². The zero-order valence-corrected chi connectivity index (χ0v) is 20.3. The number of phenols is 1. The van der Waals surface area contributed by atoms with E-state index in [-0.39, 0.29) is 37.5 Å². The normalized spacial score (nSPS) is 14.8. The number of carboxylic acid groups (broad SMARTS) is 1. The van der Waals surface area contributed by atoms with Gasteiger partial charge >= 0.3 is 5.97 Å². The summed E-state index contributed by atoms with van der Waals surface area (Å²) in [6.45, 7) is 0.648. The molecule has 1 aromatic rings. The average molecular weight is 526 g/mol. The zero-order chi connectivity index (χ0) is 28.1. The van der Waals surface area contributed by atoms with E-state index in [0.717, 1.165) is 0 Å². The molecular weight excluding hydrogens is 490 g/mol. The van der Waals surface area contributed by atoms with E-state index in [1.54, 1.807) is 0 Å². The molecule has 0 radical (unpaired) electrons. The summed E-state index contributed by atoms with van der Waals surface area (Å²) < 4.78 is 0. The lowest BCUT2D eigenvalue weighted by Crippen LogP contribution is -2.59. The van der Waals surface area contributed by atoms with Crippen molar-refractivity contribution in [3.8, 4) is 5.75 Å². The highest BCUT2D eigenvalue weighted by atomic mass is 16.4. The Morgan fingerprint density at radius 3 is 2.05 bits per heavy atom. The van der Waals surface area contributed by atoms with Gasteiger partial charge in [-0.05, 0) is 37.5 Å². The topological polar surface area (TPSA) is 276 Å². The van der Waals surface area contributed by atoms with Crippen molar-refractivity contribution in [1.29, 1.82) is 0 Å². The Morgan fingerprint density at radius 1 is 0.973 bits per heavy atom. The summed E-state index contributed by atoms with van der Waals surface area (Å²) in [5.74, 6) is -4.20. The Morgan fingerprint density at radius 2 is 1.54 bits per heavy atom. The van der Waals surface area contributed by atoms with Crippen molar-refractivity contribution in [3.63, 3.8) is 0 Å². The van der Waals surface area contributed by atoms with Crippen molar-refractivity contribution in [1.82, 2.24) is 16.0 Å². The van der Waals surface area contributed by atoms with Crippen LogP contribution in [0.3, 0.4) is 0 Å². The summed E-state index contributed by atoms with van der Waals surface area (Å²) in [6.07, 6.45) is -1.27. The number of aliphatic hydroxyl groups is 2. The number of phenolic OH excluding ortho intramolecular Hbond substituents is 1. The number of hydrogen-bond acceptors (Lipinski definition) is 9. The number of aliphatic imine (C=N–C) groups is 1. The van der Waals surface area contributed by atoms with E-state index in [1.807, 2.05) is 0 Å². The number of nitrogens with one attached hydrogen (secondary N) is 3. The number of benzene rings is 1. The van der Waals surface area contributed by atoms with E-state index < -0.39 is 60.6 Å². The van der Waals surface area contributed by atoms with Gasteiger partial charge in [-0.25, -0.2) is 4.79 Å². The van der Waals surface area contributed by atoms with Gasteiger partial charge in [-0.3, -0.25) is 19.4 Å². The number of aromatic hydroxyl groups is 1. The van der Waals surface area contributed by atoms with Crippen molar-refractivity contribution in [2.75, 3.05) is 13.2 Å². The Labute approximate surface area is 213 Å². The average Bonchev–Trinajstić information content (AvgIpc) is 2.83. The van der Waals surface area contributed by atoms with Gasteiger partial charge in [-0.2, -0.15) is 0 Å². The van der Waals surface area contributed by atoms with Crippen LogP contribution in [0.2, 0.25) is 0 Å². The third-order valence-electron chi connectivity index (χ3n) is 5.17. The second kappa shape index (κ2) is 15.2. The molecule has 1 aromatic carbocycles. The second-order valence-electron chi connectivity index (χ2n) is 8.30. The molecule has 15 heteroatoms. The van der Waals surface area contributed by atoms with E-state index in [0.29, 0.717) is 5.56 Å². The molecule has 206 valence electrons. The molecule has 15 nitrogen and oxygen atoms in total. The molecule has 1 rings (SSSR count). The summed E-state index contributed by atoms with van der Waals surface area (Å²) >= 11 is 0. The number of carboxylic acids is 1. The number of nitrogens with zero attached hydrogens (tertiary/aromatic N) is 1. The molecule has 5 unspecified atom stereocenters. The van der Waals surface area contributed by atoms with Gasteiger partial charge < -0.3 is 53.6 Å². The summed E-state index contributed by atoms with van der Waals surface area (Å²) in [6, 6.07) is 0.244. The summed E-state index contributed by atoms with van der Waals surface area (Å²) in [4.78, 5) is 53.6. The maximum absolute atomic E-state index is 13.1. The van der Waals surface area contributed by atoms with Crippen LogP contribution >= 0.6 is 0 Å². The first-order chi connectivity index (χ1) is 17.3. The van der Waals surface area contributed by atoms with E-state index >= 15 is 0 Å². The SMILES string of the molecule is CC(O)C(NC(=O)C(Cc1ccc(O)cc1)NC(=O)C(CCCN=C(N)N)NC(=O)C(N)CO)C(=O)O. The predicted octanol–water partition coefficient (Wildman–Crippen LogP) is -3.77. The van der Waals surface area contributed by atoms with Crippen LogP contribution in [0.4, 0.5) is 0 Å². The predicted molar refractivity (Wildman–Crippen MR) is 132 cm³/mol. The van der Waals surface area contributed by atoms with E-state index in [4.69, 9.17) is 22.3 Å². The van der Waals surface area contributed by atoms with Gasteiger partial charge in [0.2, 0.25) is 17.7 Å². The number of aliphatic hydroxyl groups excluding tert-OH is 2. The minimum atomic E-state index is -1.65. The van der Waals surface area contributed by atoms with Gasteiger partial charge in [-0.1, -0.05) is 12.1 Å². The fourth-order valence-corrected chi connectivity index (χ4v) is 3.13. The number of carbonyl (C=O) groups is 4.